The third kappa shape index (κ3) is 7.36. The number of carboxylic acid groups (broad SMARTS) is 1. The lowest BCUT2D eigenvalue weighted by atomic mass is 10.3. The summed E-state index contributed by atoms with van der Waals surface area (Å²) in [6, 6.07) is -0.937. The summed E-state index contributed by atoms with van der Waals surface area (Å²) in [6.45, 7) is 3.70. The number of carbonyl (C=O) groups excluding carboxylic acids is 1. The second-order valence-electron chi connectivity index (χ2n) is 3.23. The van der Waals surface area contributed by atoms with Crippen molar-refractivity contribution >= 4 is 22.7 Å². The predicted molar refractivity (Wildman–Crippen MR) is 61.7 cm³/mol. The standard InChI is InChI=1S/C9H18N2O4S/c1-3-16(15)5-4-10-6-8(9(13)14)11-7(2)12/h8,10H,3-6H2,1-2H3,(H,11,12)(H,13,14). The Morgan fingerprint density at radius 3 is 2.50 bits per heavy atom. The summed E-state index contributed by atoms with van der Waals surface area (Å²) in [6.07, 6.45) is 0. The maximum absolute atomic E-state index is 11.1. The molecule has 0 saturated heterocycles. The SMILES string of the molecule is CCS(=O)CCNCC(NC(C)=O)C(=O)O. The molecule has 0 aromatic heterocycles. The van der Waals surface area contributed by atoms with Crippen LogP contribution in [0.4, 0.5) is 0 Å². The fourth-order valence-corrected chi connectivity index (χ4v) is 1.68. The van der Waals surface area contributed by atoms with Gasteiger partial charge in [0.15, 0.2) is 0 Å². The summed E-state index contributed by atoms with van der Waals surface area (Å²) >= 11 is 0. The van der Waals surface area contributed by atoms with E-state index in [9.17, 15) is 13.8 Å². The summed E-state index contributed by atoms with van der Waals surface area (Å²) in [4.78, 5) is 21.4. The van der Waals surface area contributed by atoms with Crippen LogP contribution in [0.1, 0.15) is 13.8 Å². The molecule has 0 saturated carbocycles. The van der Waals surface area contributed by atoms with Gasteiger partial charge in [0.05, 0.1) is 0 Å². The average Bonchev–Trinajstić information content (AvgIpc) is 2.21. The van der Waals surface area contributed by atoms with Crippen molar-refractivity contribution in [2.24, 2.45) is 0 Å². The van der Waals surface area contributed by atoms with E-state index in [1.807, 2.05) is 6.92 Å². The van der Waals surface area contributed by atoms with Gasteiger partial charge in [-0.15, -0.1) is 0 Å². The quantitative estimate of drug-likeness (QED) is 0.477. The molecular formula is C9H18N2O4S. The Bertz CT molecular complexity index is 270. The smallest absolute Gasteiger partial charge is 0.327 e. The molecule has 0 aromatic rings. The molecule has 0 aliphatic heterocycles. The van der Waals surface area contributed by atoms with Crippen molar-refractivity contribution in [2.45, 2.75) is 19.9 Å². The van der Waals surface area contributed by atoms with Crippen LogP contribution in [0.15, 0.2) is 0 Å². The first-order valence-electron chi connectivity index (χ1n) is 5.03. The lowest BCUT2D eigenvalue weighted by Crippen LogP contribution is -2.47. The number of hydrogen-bond acceptors (Lipinski definition) is 4. The van der Waals surface area contributed by atoms with Gasteiger partial charge < -0.3 is 15.7 Å². The summed E-state index contributed by atoms with van der Waals surface area (Å²) in [7, 11) is -0.860. The highest BCUT2D eigenvalue weighted by molar-refractivity contribution is 7.84. The number of carbonyl (C=O) groups is 2. The van der Waals surface area contributed by atoms with Crippen molar-refractivity contribution in [1.29, 1.82) is 0 Å². The van der Waals surface area contributed by atoms with Crippen LogP contribution in [-0.2, 0) is 20.4 Å². The lowest BCUT2D eigenvalue weighted by Gasteiger charge is -2.13. The van der Waals surface area contributed by atoms with Crippen LogP contribution in [0.2, 0.25) is 0 Å². The zero-order chi connectivity index (χ0) is 12.6. The molecule has 0 spiro atoms. The molecule has 94 valence electrons. The molecule has 16 heavy (non-hydrogen) atoms. The summed E-state index contributed by atoms with van der Waals surface area (Å²) in [5.41, 5.74) is 0. The van der Waals surface area contributed by atoms with Crippen molar-refractivity contribution in [3.63, 3.8) is 0 Å². The number of aliphatic carboxylic acids is 1. The molecule has 2 unspecified atom stereocenters. The van der Waals surface area contributed by atoms with Crippen LogP contribution in [0.3, 0.4) is 0 Å². The van der Waals surface area contributed by atoms with E-state index in [2.05, 4.69) is 10.6 Å². The lowest BCUT2D eigenvalue weighted by molar-refractivity contribution is -0.141. The molecule has 1 amide bonds. The van der Waals surface area contributed by atoms with Crippen molar-refractivity contribution in [2.75, 3.05) is 24.6 Å². The third-order valence-corrected chi connectivity index (χ3v) is 3.16. The van der Waals surface area contributed by atoms with Crippen molar-refractivity contribution in [3.8, 4) is 0 Å². The minimum atomic E-state index is -1.08. The van der Waals surface area contributed by atoms with Gasteiger partial charge in [0.25, 0.3) is 0 Å². The first kappa shape index (κ1) is 15.0. The highest BCUT2D eigenvalue weighted by Crippen LogP contribution is 1.84. The molecule has 0 rings (SSSR count). The largest absolute Gasteiger partial charge is 0.480 e. The van der Waals surface area contributed by atoms with Gasteiger partial charge in [0.2, 0.25) is 5.91 Å². The van der Waals surface area contributed by atoms with Gasteiger partial charge in [-0.3, -0.25) is 9.00 Å². The highest BCUT2D eigenvalue weighted by Gasteiger charge is 2.17. The summed E-state index contributed by atoms with van der Waals surface area (Å²) in [5.74, 6) is -0.385. The number of nitrogens with one attached hydrogen (secondary N) is 2. The minimum absolute atomic E-state index is 0.135. The van der Waals surface area contributed by atoms with Gasteiger partial charge in [0, 0.05) is 42.3 Å². The molecule has 6 nitrogen and oxygen atoms in total. The minimum Gasteiger partial charge on any atom is -0.480 e. The van der Waals surface area contributed by atoms with Crippen LogP contribution >= 0.6 is 0 Å². The van der Waals surface area contributed by atoms with Crippen molar-refractivity contribution in [3.05, 3.63) is 0 Å². The molecule has 0 fully saturated rings. The maximum Gasteiger partial charge on any atom is 0.327 e. The topological polar surface area (TPSA) is 95.5 Å². The van der Waals surface area contributed by atoms with Gasteiger partial charge >= 0.3 is 5.97 Å². The molecule has 2 atom stereocenters. The molecule has 0 aromatic carbocycles. The van der Waals surface area contributed by atoms with E-state index in [0.29, 0.717) is 18.1 Å². The van der Waals surface area contributed by atoms with Gasteiger partial charge in [-0.1, -0.05) is 6.92 Å². The molecule has 3 N–H and O–H groups in total. The highest BCUT2D eigenvalue weighted by atomic mass is 32.2. The average molecular weight is 250 g/mol. The first-order chi connectivity index (χ1) is 7.47. The molecule has 0 heterocycles. The normalized spacial score (nSPS) is 14.1. The van der Waals surface area contributed by atoms with E-state index in [4.69, 9.17) is 5.11 Å². The second-order valence-corrected chi connectivity index (χ2v) is 5.09. The van der Waals surface area contributed by atoms with E-state index in [0.717, 1.165) is 0 Å². The second kappa shape index (κ2) is 8.23. The Kier molecular flexibility index (Phi) is 7.74. The molecule has 0 bridgehead atoms. The van der Waals surface area contributed by atoms with E-state index >= 15 is 0 Å². The van der Waals surface area contributed by atoms with E-state index in [1.165, 1.54) is 6.92 Å². The number of rotatable bonds is 8. The fraction of sp³-hybridized carbons (Fsp3) is 0.778. The summed E-state index contributed by atoms with van der Waals surface area (Å²) < 4.78 is 11.1. The Morgan fingerprint density at radius 2 is 2.06 bits per heavy atom. The van der Waals surface area contributed by atoms with Gasteiger partial charge in [-0.2, -0.15) is 0 Å². The number of hydrogen-bond donors (Lipinski definition) is 3. The number of carboxylic acids is 1. The maximum atomic E-state index is 11.1. The summed E-state index contributed by atoms with van der Waals surface area (Å²) in [5, 5.41) is 13.9. The Labute approximate surface area is 97.3 Å². The third-order valence-electron chi connectivity index (χ3n) is 1.85. The number of amides is 1. The fourth-order valence-electron chi connectivity index (χ4n) is 1.02. The van der Waals surface area contributed by atoms with E-state index in [1.54, 1.807) is 0 Å². The van der Waals surface area contributed by atoms with Crippen LogP contribution in [0, 0.1) is 0 Å². The van der Waals surface area contributed by atoms with Crippen LogP contribution < -0.4 is 10.6 Å². The zero-order valence-electron chi connectivity index (χ0n) is 9.49. The molecule has 0 aliphatic rings. The molecule has 0 radical (unpaired) electrons. The van der Waals surface area contributed by atoms with Gasteiger partial charge in [-0.25, -0.2) is 4.79 Å². The Balaban J connectivity index is 3.81. The zero-order valence-corrected chi connectivity index (χ0v) is 10.3. The van der Waals surface area contributed by atoms with Gasteiger partial charge in [0.1, 0.15) is 6.04 Å². The molecular weight excluding hydrogens is 232 g/mol. The Hall–Kier alpha value is -0.950. The van der Waals surface area contributed by atoms with Crippen molar-refractivity contribution < 1.29 is 18.9 Å². The monoisotopic (exact) mass is 250 g/mol. The molecule has 0 aliphatic carbocycles. The van der Waals surface area contributed by atoms with Crippen molar-refractivity contribution in [1.82, 2.24) is 10.6 Å². The first-order valence-corrected chi connectivity index (χ1v) is 6.51. The van der Waals surface area contributed by atoms with Crippen LogP contribution in [0.25, 0.3) is 0 Å². The van der Waals surface area contributed by atoms with E-state index < -0.39 is 22.8 Å². The van der Waals surface area contributed by atoms with E-state index in [-0.39, 0.29) is 12.5 Å². The van der Waals surface area contributed by atoms with Crippen LogP contribution in [-0.4, -0.2) is 51.8 Å². The van der Waals surface area contributed by atoms with Crippen LogP contribution in [0.5, 0.6) is 0 Å². The Morgan fingerprint density at radius 1 is 1.44 bits per heavy atom. The van der Waals surface area contributed by atoms with Gasteiger partial charge in [-0.05, 0) is 0 Å². The predicted octanol–water partition coefficient (Wildman–Crippen LogP) is -1.07. The molecule has 7 heteroatoms.